The molecule has 0 unspecified atom stereocenters. The van der Waals surface area contributed by atoms with Crippen molar-refractivity contribution in [1.82, 2.24) is 5.32 Å². The summed E-state index contributed by atoms with van der Waals surface area (Å²) < 4.78 is 5.54. The normalized spacial score (nSPS) is 21.3. The van der Waals surface area contributed by atoms with E-state index in [0.717, 1.165) is 32.2 Å². The fraction of sp³-hybridized carbons (Fsp3) is 0.632. The molecular formula is C19H29ClN2O2S. The number of hydrogen-bond donors (Lipinski definition) is 2. The molecule has 1 saturated heterocycles. The molecule has 4 nitrogen and oxygen atoms in total. The molecular weight excluding hydrogens is 356 g/mol. The van der Waals surface area contributed by atoms with E-state index in [0.29, 0.717) is 19.8 Å². The van der Waals surface area contributed by atoms with E-state index in [1.807, 2.05) is 17.8 Å². The van der Waals surface area contributed by atoms with Crippen LogP contribution in [0, 0.1) is 5.41 Å². The Balaban J connectivity index is 0.00000225. The van der Waals surface area contributed by atoms with Gasteiger partial charge in [-0.3, -0.25) is 4.79 Å². The van der Waals surface area contributed by atoms with E-state index >= 15 is 0 Å². The zero-order valence-electron chi connectivity index (χ0n) is 14.7. The third kappa shape index (κ3) is 4.91. The number of rotatable bonds is 6. The van der Waals surface area contributed by atoms with Crippen molar-refractivity contribution in [1.29, 1.82) is 0 Å². The molecule has 0 bridgehead atoms. The molecule has 2 aliphatic rings. The zero-order valence-corrected chi connectivity index (χ0v) is 16.3. The Morgan fingerprint density at radius 1 is 1.12 bits per heavy atom. The number of nitrogens with two attached hydrogens (primary N) is 1. The first kappa shape index (κ1) is 20.6. The molecule has 1 aromatic rings. The van der Waals surface area contributed by atoms with Crippen LogP contribution in [0.15, 0.2) is 35.2 Å². The lowest BCUT2D eigenvalue weighted by atomic mass is 9.79. The van der Waals surface area contributed by atoms with Gasteiger partial charge >= 0.3 is 0 Å². The Morgan fingerprint density at radius 3 is 2.36 bits per heavy atom. The van der Waals surface area contributed by atoms with Gasteiger partial charge in [0.1, 0.15) is 0 Å². The van der Waals surface area contributed by atoms with E-state index in [-0.39, 0.29) is 23.1 Å². The lowest BCUT2D eigenvalue weighted by Crippen LogP contribution is -2.51. The monoisotopic (exact) mass is 384 g/mol. The van der Waals surface area contributed by atoms with Gasteiger partial charge in [-0.05, 0) is 37.8 Å². The van der Waals surface area contributed by atoms with E-state index in [1.165, 1.54) is 17.7 Å². The average Bonchev–Trinajstić information content (AvgIpc) is 3.10. The van der Waals surface area contributed by atoms with Gasteiger partial charge in [0.05, 0.1) is 5.41 Å². The van der Waals surface area contributed by atoms with Gasteiger partial charge in [0.15, 0.2) is 0 Å². The zero-order chi connectivity index (χ0) is 16.9. The highest BCUT2D eigenvalue weighted by Gasteiger charge is 2.41. The summed E-state index contributed by atoms with van der Waals surface area (Å²) in [4.78, 5) is 14.1. The third-order valence-corrected chi connectivity index (χ3v) is 6.98. The van der Waals surface area contributed by atoms with Gasteiger partial charge < -0.3 is 15.8 Å². The van der Waals surface area contributed by atoms with Crippen molar-refractivity contribution in [3.8, 4) is 0 Å². The molecule has 25 heavy (non-hydrogen) atoms. The van der Waals surface area contributed by atoms with Gasteiger partial charge in [-0.25, -0.2) is 0 Å². The van der Waals surface area contributed by atoms with Crippen LogP contribution in [0.2, 0.25) is 0 Å². The van der Waals surface area contributed by atoms with Crippen LogP contribution in [-0.2, 0) is 9.53 Å². The van der Waals surface area contributed by atoms with Gasteiger partial charge in [-0.2, -0.15) is 0 Å². The second kappa shape index (κ2) is 9.26. The Kier molecular flexibility index (Phi) is 7.62. The van der Waals surface area contributed by atoms with Gasteiger partial charge in [0.2, 0.25) is 5.91 Å². The predicted octanol–water partition coefficient (Wildman–Crippen LogP) is 3.39. The highest BCUT2D eigenvalue weighted by atomic mass is 35.5. The maximum absolute atomic E-state index is 12.8. The second-order valence-corrected chi connectivity index (χ2v) is 8.63. The molecule has 2 fully saturated rings. The minimum Gasteiger partial charge on any atom is -0.381 e. The summed E-state index contributed by atoms with van der Waals surface area (Å²) in [6, 6.07) is 10.5. The van der Waals surface area contributed by atoms with Crippen LogP contribution in [0.1, 0.15) is 38.5 Å². The molecule has 1 aliphatic carbocycles. The molecule has 0 aromatic heterocycles. The van der Waals surface area contributed by atoms with Crippen LogP contribution < -0.4 is 11.1 Å². The van der Waals surface area contributed by atoms with Crippen molar-refractivity contribution in [2.75, 3.05) is 26.3 Å². The highest BCUT2D eigenvalue weighted by Crippen LogP contribution is 2.45. The summed E-state index contributed by atoms with van der Waals surface area (Å²) >= 11 is 1.92. The minimum atomic E-state index is -0.435. The minimum absolute atomic E-state index is 0. The average molecular weight is 385 g/mol. The van der Waals surface area contributed by atoms with Gasteiger partial charge in [0, 0.05) is 35.9 Å². The van der Waals surface area contributed by atoms with E-state index in [9.17, 15) is 4.79 Å². The molecule has 0 radical (unpaired) electrons. The van der Waals surface area contributed by atoms with Crippen LogP contribution in [-0.4, -0.2) is 37.0 Å². The molecule has 140 valence electrons. The first-order chi connectivity index (χ1) is 11.7. The van der Waals surface area contributed by atoms with Crippen molar-refractivity contribution < 1.29 is 9.53 Å². The number of carbonyl (C=O) groups excluding carboxylic acids is 1. The van der Waals surface area contributed by atoms with Crippen molar-refractivity contribution in [2.45, 2.75) is 48.2 Å². The quantitative estimate of drug-likeness (QED) is 0.789. The Labute approximate surface area is 161 Å². The van der Waals surface area contributed by atoms with Gasteiger partial charge in [-0.15, -0.1) is 24.2 Å². The molecule has 1 saturated carbocycles. The van der Waals surface area contributed by atoms with Gasteiger partial charge in [0.25, 0.3) is 0 Å². The van der Waals surface area contributed by atoms with Crippen LogP contribution in [0.25, 0.3) is 0 Å². The summed E-state index contributed by atoms with van der Waals surface area (Å²) in [6.07, 6.45) is 6.26. The summed E-state index contributed by atoms with van der Waals surface area (Å²) in [7, 11) is 0. The fourth-order valence-corrected chi connectivity index (χ4v) is 5.22. The number of hydrogen-bond acceptors (Lipinski definition) is 4. The molecule has 0 atom stereocenters. The lowest BCUT2D eigenvalue weighted by Gasteiger charge is -2.36. The molecule has 1 heterocycles. The largest absolute Gasteiger partial charge is 0.381 e. The number of nitrogens with one attached hydrogen (secondary N) is 1. The summed E-state index contributed by atoms with van der Waals surface area (Å²) in [5.41, 5.74) is 5.52. The van der Waals surface area contributed by atoms with E-state index in [1.54, 1.807) is 0 Å². The van der Waals surface area contributed by atoms with Crippen LogP contribution in [0.4, 0.5) is 0 Å². The van der Waals surface area contributed by atoms with E-state index in [4.69, 9.17) is 10.5 Å². The topological polar surface area (TPSA) is 64.4 Å². The molecule has 1 amide bonds. The van der Waals surface area contributed by atoms with E-state index in [2.05, 4.69) is 29.6 Å². The number of amides is 1. The second-order valence-electron chi connectivity index (χ2n) is 7.08. The molecule has 1 aliphatic heterocycles. The van der Waals surface area contributed by atoms with Crippen LogP contribution in [0.5, 0.6) is 0 Å². The van der Waals surface area contributed by atoms with E-state index < -0.39 is 5.41 Å². The molecule has 0 spiro atoms. The fourth-order valence-electron chi connectivity index (χ4n) is 3.79. The van der Waals surface area contributed by atoms with Crippen LogP contribution >= 0.6 is 24.2 Å². The van der Waals surface area contributed by atoms with Crippen molar-refractivity contribution in [3.05, 3.63) is 30.3 Å². The number of benzene rings is 1. The Morgan fingerprint density at radius 2 is 1.76 bits per heavy atom. The predicted molar refractivity (Wildman–Crippen MR) is 105 cm³/mol. The third-order valence-electron chi connectivity index (χ3n) is 5.49. The highest BCUT2D eigenvalue weighted by molar-refractivity contribution is 8.00. The Hall–Kier alpha value is -0.750. The van der Waals surface area contributed by atoms with Crippen molar-refractivity contribution >= 4 is 30.1 Å². The maximum Gasteiger partial charge on any atom is 0.227 e. The number of thioether (sulfide) groups is 1. The number of ether oxygens (including phenoxy) is 1. The van der Waals surface area contributed by atoms with Gasteiger partial charge in [-0.1, -0.05) is 31.0 Å². The maximum atomic E-state index is 12.8. The number of carbonyl (C=O) groups is 1. The summed E-state index contributed by atoms with van der Waals surface area (Å²) in [5.74, 6) is 0.119. The first-order valence-electron chi connectivity index (χ1n) is 8.98. The lowest BCUT2D eigenvalue weighted by molar-refractivity contribution is -0.136. The molecule has 3 N–H and O–H groups in total. The molecule has 1 aromatic carbocycles. The SMILES string of the molecule is Cl.NCC1(C(=O)NCC2(Sc3ccccc3)CCCC2)CCOCC1. The molecule has 6 heteroatoms. The number of halogens is 1. The Bertz CT molecular complexity index is 544. The summed E-state index contributed by atoms with van der Waals surface area (Å²) in [6.45, 7) is 2.40. The standard InChI is InChI=1S/C19H28N2O2S.ClH/c20-14-18(10-12-23-13-11-18)17(22)21-15-19(8-4-5-9-19)24-16-6-2-1-3-7-16;/h1-3,6-7H,4-5,8-15,20H2,(H,21,22);1H. The first-order valence-corrected chi connectivity index (χ1v) is 9.80. The van der Waals surface area contributed by atoms with Crippen molar-refractivity contribution in [3.63, 3.8) is 0 Å². The smallest absolute Gasteiger partial charge is 0.227 e. The van der Waals surface area contributed by atoms with Crippen molar-refractivity contribution in [2.24, 2.45) is 11.1 Å². The molecule has 3 rings (SSSR count). The summed E-state index contributed by atoms with van der Waals surface area (Å²) in [5, 5.41) is 3.25. The van der Waals surface area contributed by atoms with Crippen LogP contribution in [0.3, 0.4) is 0 Å².